The van der Waals surface area contributed by atoms with Gasteiger partial charge in [-0.15, -0.1) is 0 Å². The second-order valence-electron chi connectivity index (χ2n) is 11.8. The van der Waals surface area contributed by atoms with Crippen LogP contribution in [-0.4, -0.2) is 19.5 Å². The molecule has 234 valence electrons. The van der Waals surface area contributed by atoms with Crippen molar-refractivity contribution in [3.8, 4) is 51.0 Å². The van der Waals surface area contributed by atoms with E-state index in [9.17, 15) is 0 Å². The third-order valence-corrected chi connectivity index (χ3v) is 8.86. The summed E-state index contributed by atoms with van der Waals surface area (Å²) >= 11 is 0. The number of para-hydroxylation sites is 3. The summed E-state index contributed by atoms with van der Waals surface area (Å²) < 4.78 is 85.4. The summed E-state index contributed by atoms with van der Waals surface area (Å²) in [6.07, 6.45) is 0. The zero-order valence-corrected chi connectivity index (χ0v) is 26.2. The second kappa shape index (κ2) is 11.4. The fourth-order valence-corrected chi connectivity index (χ4v) is 6.58. The molecule has 50 heavy (non-hydrogen) atoms. The Balaban J connectivity index is 1.23. The van der Waals surface area contributed by atoms with Crippen LogP contribution in [0.5, 0.6) is 0 Å². The van der Waals surface area contributed by atoms with E-state index in [1.165, 1.54) is 0 Å². The lowest BCUT2D eigenvalue weighted by molar-refractivity contribution is 0.669. The maximum absolute atomic E-state index is 9.10. The quantitative estimate of drug-likeness (QED) is 0.186. The molecule has 5 heteroatoms. The highest BCUT2D eigenvalue weighted by Gasteiger charge is 2.19. The van der Waals surface area contributed by atoms with E-state index >= 15 is 0 Å². The van der Waals surface area contributed by atoms with Gasteiger partial charge in [-0.1, -0.05) is 133 Å². The fraction of sp³-hybridized carbons (Fsp3) is 0. The van der Waals surface area contributed by atoms with E-state index in [-0.39, 0.29) is 40.6 Å². The summed E-state index contributed by atoms with van der Waals surface area (Å²) in [6, 6.07) is 31.9. The minimum Gasteiger partial charge on any atom is -0.455 e. The van der Waals surface area contributed by atoms with Gasteiger partial charge in [-0.3, -0.25) is 0 Å². The Hall–Kier alpha value is -6.85. The highest BCUT2D eigenvalue weighted by Crippen LogP contribution is 2.38. The van der Waals surface area contributed by atoms with Gasteiger partial charge in [-0.05, 0) is 47.5 Å². The van der Waals surface area contributed by atoms with Crippen LogP contribution in [0.25, 0.3) is 94.7 Å². The van der Waals surface area contributed by atoms with Crippen LogP contribution in [0, 0.1) is 0 Å². The Morgan fingerprint density at radius 2 is 1.18 bits per heavy atom. The molecule has 7 aromatic carbocycles. The predicted molar refractivity (Wildman–Crippen MR) is 203 cm³/mol. The number of hydrogen-bond acceptors (Lipinski definition) is 4. The lowest BCUT2D eigenvalue weighted by Crippen LogP contribution is -2.01. The van der Waals surface area contributed by atoms with Gasteiger partial charge >= 0.3 is 0 Å². The number of fused-ring (bicyclic) bond motifs is 6. The summed E-state index contributed by atoms with van der Waals surface area (Å²) in [5.41, 5.74) is 4.86. The molecule has 0 atom stereocenters. The molecule has 0 spiro atoms. The molecule has 0 aliphatic carbocycles. The van der Waals surface area contributed by atoms with Gasteiger partial charge in [0.05, 0.1) is 28.9 Å². The number of aromatic nitrogens is 4. The maximum Gasteiger partial charge on any atom is 0.167 e. The number of hydrogen-bond donors (Lipinski definition) is 0. The smallest absolute Gasteiger partial charge is 0.167 e. The Kier molecular flexibility index (Phi) is 4.67. The lowest BCUT2D eigenvalue weighted by atomic mass is 10.0. The van der Waals surface area contributed by atoms with Crippen LogP contribution in [0.2, 0.25) is 0 Å². The maximum atomic E-state index is 9.10. The molecule has 0 aliphatic heterocycles. The molecule has 3 heterocycles. The first-order valence-electron chi connectivity index (χ1n) is 20.5. The minimum atomic E-state index is -0.509. The summed E-state index contributed by atoms with van der Waals surface area (Å²) in [7, 11) is 0. The largest absolute Gasteiger partial charge is 0.455 e. The zero-order valence-electron chi connectivity index (χ0n) is 35.2. The first-order valence-corrected chi connectivity index (χ1v) is 16.0. The van der Waals surface area contributed by atoms with Gasteiger partial charge in [0.15, 0.2) is 17.5 Å². The Morgan fingerprint density at radius 3 is 2.08 bits per heavy atom. The van der Waals surface area contributed by atoms with Crippen molar-refractivity contribution >= 4 is 43.7 Å². The number of nitrogens with zero attached hydrogens (tertiary/aromatic N) is 4. The fourth-order valence-electron chi connectivity index (χ4n) is 6.58. The van der Waals surface area contributed by atoms with E-state index in [0.717, 1.165) is 21.9 Å². The molecule has 3 aromatic heterocycles. The van der Waals surface area contributed by atoms with Crippen LogP contribution in [0.1, 0.15) is 12.3 Å². The molecule has 0 bridgehead atoms. The molecule has 10 aromatic rings. The highest BCUT2D eigenvalue weighted by molar-refractivity contribution is 6.11. The first-order chi connectivity index (χ1) is 28.5. The zero-order chi connectivity index (χ0) is 40.9. The van der Waals surface area contributed by atoms with Crippen LogP contribution in [0.15, 0.2) is 174 Å². The molecule has 0 amide bonds. The van der Waals surface area contributed by atoms with Crippen molar-refractivity contribution in [2.75, 3.05) is 0 Å². The topological polar surface area (TPSA) is 56.7 Å². The van der Waals surface area contributed by atoms with Crippen molar-refractivity contribution in [3.63, 3.8) is 0 Å². The summed E-state index contributed by atoms with van der Waals surface area (Å²) in [5.74, 6) is 1.16. The summed E-state index contributed by atoms with van der Waals surface area (Å²) in [4.78, 5) is 14.9. The van der Waals surface area contributed by atoms with Gasteiger partial charge in [0.2, 0.25) is 0 Å². The Labute approximate surface area is 300 Å². The molecule has 0 saturated carbocycles. The Bertz CT molecular complexity index is 3370. The molecule has 0 radical (unpaired) electrons. The SMILES string of the molecule is [2H]c1c([2H])c([2H])c(-c2ccc3c4c([2H])c([2H])c([2H])c([2H])c4n(-c4cccc(-c5nc(-c6ccccc6)nc(-c6cccc7c6oc6ccccc67)n5)c4)c3c2)c([2H])c1[2H]. The van der Waals surface area contributed by atoms with Gasteiger partial charge in [-0.25, -0.2) is 15.0 Å². The minimum absolute atomic E-state index is 0.00589. The average Bonchev–Trinajstić information content (AvgIpc) is 3.83. The van der Waals surface area contributed by atoms with E-state index in [2.05, 4.69) is 0 Å². The predicted octanol–water partition coefficient (Wildman–Crippen LogP) is 11.5. The molecule has 0 N–H and O–H groups in total. The van der Waals surface area contributed by atoms with Crippen LogP contribution in [0.4, 0.5) is 0 Å². The molecule has 0 unspecified atom stereocenters. The average molecular weight is 650 g/mol. The van der Waals surface area contributed by atoms with Gasteiger partial charge in [-0.2, -0.15) is 0 Å². The number of furan rings is 1. The van der Waals surface area contributed by atoms with Crippen LogP contribution < -0.4 is 0 Å². The number of rotatable bonds is 5. The van der Waals surface area contributed by atoms with E-state index < -0.39 is 30.2 Å². The van der Waals surface area contributed by atoms with Crippen molar-refractivity contribution in [1.82, 2.24) is 19.5 Å². The van der Waals surface area contributed by atoms with E-state index in [1.807, 2.05) is 84.9 Å². The highest BCUT2D eigenvalue weighted by atomic mass is 16.3. The molecular formula is C45H28N4O. The molecular weight excluding hydrogens is 613 g/mol. The van der Waals surface area contributed by atoms with Gasteiger partial charge in [0, 0.05) is 38.4 Å². The van der Waals surface area contributed by atoms with Gasteiger partial charge in [0.1, 0.15) is 11.2 Å². The van der Waals surface area contributed by atoms with E-state index in [4.69, 9.17) is 31.7 Å². The van der Waals surface area contributed by atoms with Crippen molar-refractivity contribution in [2.45, 2.75) is 0 Å². The van der Waals surface area contributed by atoms with Crippen molar-refractivity contribution in [2.24, 2.45) is 0 Å². The molecule has 0 saturated heterocycles. The summed E-state index contributed by atoms with van der Waals surface area (Å²) in [5, 5.41) is 2.65. The van der Waals surface area contributed by atoms with Crippen LogP contribution >= 0.6 is 0 Å². The molecule has 0 aliphatic rings. The third-order valence-electron chi connectivity index (χ3n) is 8.86. The van der Waals surface area contributed by atoms with Gasteiger partial charge < -0.3 is 8.98 Å². The lowest BCUT2D eigenvalue weighted by Gasteiger charge is -2.12. The molecule has 10 rings (SSSR count). The van der Waals surface area contributed by atoms with E-state index in [0.29, 0.717) is 56.3 Å². The first kappa shape index (κ1) is 20.5. The molecule has 5 nitrogen and oxygen atoms in total. The molecule has 0 fully saturated rings. The monoisotopic (exact) mass is 649 g/mol. The summed E-state index contributed by atoms with van der Waals surface area (Å²) in [6.45, 7) is 0. The van der Waals surface area contributed by atoms with Crippen LogP contribution in [0.3, 0.4) is 0 Å². The van der Waals surface area contributed by atoms with Crippen molar-refractivity contribution in [1.29, 1.82) is 0 Å². The van der Waals surface area contributed by atoms with E-state index in [1.54, 1.807) is 34.9 Å². The van der Waals surface area contributed by atoms with Gasteiger partial charge in [0.25, 0.3) is 0 Å². The number of benzene rings is 7. The normalized spacial score (nSPS) is 14.1. The third kappa shape index (κ3) is 4.60. The standard InChI is InChI=1S/C45H28N4O/c1-3-13-29(14-4-1)31-25-26-35-34-19-7-9-23-39(34)49(40(35)28-31)33-18-11-17-32(27-33)44-46-43(30-15-5-2-6-16-30)47-45(48-44)38-22-12-21-37-36-20-8-10-24-41(36)50-42(37)38/h1-28H/i1D,3D,4D,7D,9D,13D,14D,19D,23D. The Morgan fingerprint density at radius 1 is 0.460 bits per heavy atom. The second-order valence-corrected chi connectivity index (χ2v) is 11.8. The van der Waals surface area contributed by atoms with Crippen molar-refractivity contribution < 1.29 is 16.8 Å². The van der Waals surface area contributed by atoms with Crippen molar-refractivity contribution in [3.05, 3.63) is 170 Å². The van der Waals surface area contributed by atoms with Crippen LogP contribution in [-0.2, 0) is 0 Å².